The predicted molar refractivity (Wildman–Crippen MR) is 161 cm³/mol. The summed E-state index contributed by atoms with van der Waals surface area (Å²) < 4.78 is 2.34. The van der Waals surface area contributed by atoms with Crippen LogP contribution in [-0.4, -0.2) is 15.0 Å². The van der Waals surface area contributed by atoms with Crippen molar-refractivity contribution in [1.82, 2.24) is 15.0 Å². The molecule has 0 radical (unpaired) electrons. The highest BCUT2D eigenvalue weighted by atomic mass is 32.1. The number of thiophene rings is 1. The van der Waals surface area contributed by atoms with Gasteiger partial charge in [0, 0.05) is 36.9 Å². The van der Waals surface area contributed by atoms with Crippen molar-refractivity contribution in [2.45, 2.75) is 0 Å². The lowest BCUT2D eigenvalue weighted by Crippen LogP contribution is -2.00. The van der Waals surface area contributed by atoms with Gasteiger partial charge in [-0.05, 0) is 23.3 Å². The van der Waals surface area contributed by atoms with E-state index in [1.165, 1.54) is 15.5 Å². The minimum atomic E-state index is 0.633. The molecule has 7 aromatic rings. The molecular formula is C34H20N4S. The van der Waals surface area contributed by atoms with Crippen LogP contribution < -0.4 is 0 Å². The molecule has 0 fully saturated rings. The first kappa shape index (κ1) is 23.0. The number of hydrogen-bond donors (Lipinski definition) is 0. The highest BCUT2D eigenvalue weighted by molar-refractivity contribution is 7.26. The van der Waals surface area contributed by atoms with Gasteiger partial charge in [-0.3, -0.25) is 0 Å². The Balaban J connectivity index is 1.51. The van der Waals surface area contributed by atoms with Gasteiger partial charge in [-0.25, -0.2) is 19.8 Å². The summed E-state index contributed by atoms with van der Waals surface area (Å²) in [5.74, 6) is 1.94. The molecule has 0 saturated heterocycles. The van der Waals surface area contributed by atoms with Gasteiger partial charge >= 0.3 is 0 Å². The van der Waals surface area contributed by atoms with Crippen LogP contribution in [-0.2, 0) is 0 Å². The van der Waals surface area contributed by atoms with Crippen LogP contribution in [0.15, 0.2) is 121 Å². The number of aromatic nitrogens is 3. The van der Waals surface area contributed by atoms with Gasteiger partial charge in [0.15, 0.2) is 23.2 Å². The maximum atomic E-state index is 7.32. The molecular weight excluding hydrogens is 496 g/mol. The van der Waals surface area contributed by atoms with E-state index in [1.807, 2.05) is 84.9 Å². The second-order valence-electron chi connectivity index (χ2n) is 9.16. The van der Waals surface area contributed by atoms with Crippen molar-refractivity contribution in [3.63, 3.8) is 0 Å². The smallest absolute Gasteiger partial charge is 0.187 e. The van der Waals surface area contributed by atoms with Gasteiger partial charge in [0.25, 0.3) is 0 Å². The third-order valence-electron chi connectivity index (χ3n) is 6.77. The van der Waals surface area contributed by atoms with E-state index in [0.29, 0.717) is 23.2 Å². The minimum Gasteiger partial charge on any atom is -0.238 e. The topological polar surface area (TPSA) is 43.0 Å². The molecule has 0 aliphatic carbocycles. The van der Waals surface area contributed by atoms with Crippen molar-refractivity contribution in [3.8, 4) is 45.3 Å². The van der Waals surface area contributed by atoms with Gasteiger partial charge in [-0.2, -0.15) is 0 Å². The summed E-state index contributed by atoms with van der Waals surface area (Å²) >= 11 is 1.75. The lowest BCUT2D eigenvalue weighted by molar-refractivity contribution is 1.08. The summed E-state index contributed by atoms with van der Waals surface area (Å²) in [6.07, 6.45) is 0. The van der Waals surface area contributed by atoms with Crippen molar-refractivity contribution in [2.24, 2.45) is 0 Å². The fourth-order valence-corrected chi connectivity index (χ4v) is 6.13. The van der Waals surface area contributed by atoms with Gasteiger partial charge in [-0.1, -0.05) is 109 Å². The lowest BCUT2D eigenvalue weighted by atomic mass is 9.97. The zero-order valence-corrected chi connectivity index (χ0v) is 21.6. The Bertz CT molecular complexity index is 1950. The van der Waals surface area contributed by atoms with E-state index in [4.69, 9.17) is 21.5 Å². The molecule has 5 heteroatoms. The van der Waals surface area contributed by atoms with Crippen LogP contribution in [0.3, 0.4) is 0 Å². The van der Waals surface area contributed by atoms with E-state index < -0.39 is 0 Å². The maximum absolute atomic E-state index is 7.32. The molecule has 0 amide bonds. The summed E-state index contributed by atoms with van der Waals surface area (Å²) in [6, 6.07) is 40.7. The van der Waals surface area contributed by atoms with Crippen LogP contribution >= 0.6 is 11.3 Å². The van der Waals surface area contributed by atoms with Crippen molar-refractivity contribution in [3.05, 3.63) is 133 Å². The molecule has 0 saturated carbocycles. The van der Waals surface area contributed by atoms with Crippen molar-refractivity contribution >= 4 is 37.2 Å². The normalized spacial score (nSPS) is 11.1. The van der Waals surface area contributed by atoms with Crippen LogP contribution in [0.2, 0.25) is 0 Å². The standard InChI is InChI=1S/C34H20N4S/c1-35-25-18-16-22(17-19-25)26-20-21-28(31-30(26)27-14-8-9-15-29(27)39-31)34-37-32(23-10-4-2-5-11-23)36-33(38-34)24-12-6-3-7-13-24/h2-21H. The first-order valence-corrected chi connectivity index (χ1v) is 13.4. The van der Waals surface area contributed by atoms with Gasteiger partial charge in [0.05, 0.1) is 6.57 Å². The lowest BCUT2D eigenvalue weighted by Gasteiger charge is -2.11. The molecule has 0 N–H and O–H groups in total. The van der Waals surface area contributed by atoms with Crippen LogP contribution in [0.1, 0.15) is 0 Å². The molecule has 2 aromatic heterocycles. The number of benzene rings is 5. The molecule has 0 unspecified atom stereocenters. The molecule has 0 bridgehead atoms. The first-order valence-electron chi connectivity index (χ1n) is 12.6. The summed E-state index contributed by atoms with van der Waals surface area (Å²) in [5.41, 5.74) is 5.71. The van der Waals surface area contributed by atoms with Crippen LogP contribution in [0.5, 0.6) is 0 Å². The zero-order valence-electron chi connectivity index (χ0n) is 20.7. The molecule has 4 nitrogen and oxygen atoms in total. The molecule has 182 valence electrons. The van der Waals surface area contributed by atoms with Crippen LogP contribution in [0, 0.1) is 6.57 Å². The second kappa shape index (κ2) is 9.60. The highest BCUT2D eigenvalue weighted by Gasteiger charge is 2.19. The van der Waals surface area contributed by atoms with Gasteiger partial charge < -0.3 is 0 Å². The van der Waals surface area contributed by atoms with E-state index >= 15 is 0 Å². The van der Waals surface area contributed by atoms with Crippen molar-refractivity contribution in [1.29, 1.82) is 0 Å². The molecule has 5 aromatic carbocycles. The molecule has 39 heavy (non-hydrogen) atoms. The monoisotopic (exact) mass is 516 g/mol. The minimum absolute atomic E-state index is 0.633. The summed E-state index contributed by atoms with van der Waals surface area (Å²) in [7, 11) is 0. The number of hydrogen-bond acceptors (Lipinski definition) is 4. The number of nitrogens with zero attached hydrogens (tertiary/aromatic N) is 4. The SMILES string of the molecule is [C-]#[N+]c1ccc(-c2ccc(-c3nc(-c4ccccc4)nc(-c4ccccc4)n3)c3sc4ccccc4c23)cc1. The Kier molecular flexibility index (Phi) is 5.66. The molecule has 0 atom stereocenters. The zero-order chi connectivity index (χ0) is 26.2. The van der Waals surface area contributed by atoms with Gasteiger partial charge in [0.2, 0.25) is 0 Å². The second-order valence-corrected chi connectivity index (χ2v) is 10.2. The van der Waals surface area contributed by atoms with E-state index in [0.717, 1.165) is 32.5 Å². The molecule has 0 spiro atoms. The van der Waals surface area contributed by atoms with Gasteiger partial charge in [0.1, 0.15) is 0 Å². The molecule has 7 rings (SSSR count). The largest absolute Gasteiger partial charge is 0.238 e. The summed E-state index contributed by atoms with van der Waals surface area (Å²) in [5, 5.41) is 2.37. The average molecular weight is 517 g/mol. The van der Waals surface area contributed by atoms with E-state index in [9.17, 15) is 0 Å². The fraction of sp³-hybridized carbons (Fsp3) is 0. The number of rotatable bonds is 4. The van der Waals surface area contributed by atoms with Crippen LogP contribution in [0.4, 0.5) is 5.69 Å². The third kappa shape index (κ3) is 4.14. The van der Waals surface area contributed by atoms with Crippen molar-refractivity contribution in [2.75, 3.05) is 0 Å². The third-order valence-corrected chi connectivity index (χ3v) is 7.98. The fourth-order valence-electron chi connectivity index (χ4n) is 4.89. The predicted octanol–water partition coefficient (Wildman–Crippen LogP) is 9.46. The Morgan fingerprint density at radius 2 is 1.08 bits per heavy atom. The number of fused-ring (bicyclic) bond motifs is 3. The van der Waals surface area contributed by atoms with Crippen LogP contribution in [0.25, 0.3) is 70.3 Å². The van der Waals surface area contributed by atoms with Gasteiger partial charge in [-0.15, -0.1) is 11.3 Å². The molecule has 0 aliphatic heterocycles. The highest BCUT2D eigenvalue weighted by Crippen LogP contribution is 2.44. The summed E-state index contributed by atoms with van der Waals surface area (Å²) in [6.45, 7) is 7.32. The molecule has 2 heterocycles. The van der Waals surface area contributed by atoms with E-state index in [1.54, 1.807) is 11.3 Å². The maximum Gasteiger partial charge on any atom is 0.187 e. The average Bonchev–Trinajstić information content (AvgIpc) is 3.41. The van der Waals surface area contributed by atoms with E-state index in [2.05, 4.69) is 41.2 Å². The Morgan fingerprint density at radius 1 is 0.513 bits per heavy atom. The van der Waals surface area contributed by atoms with E-state index in [-0.39, 0.29) is 0 Å². The Hall–Kier alpha value is -5.18. The Labute approximate surface area is 229 Å². The summed E-state index contributed by atoms with van der Waals surface area (Å²) in [4.78, 5) is 18.4. The first-order chi connectivity index (χ1) is 19.3. The molecule has 0 aliphatic rings. The Morgan fingerprint density at radius 3 is 1.72 bits per heavy atom. The quantitative estimate of drug-likeness (QED) is 0.219. The van der Waals surface area contributed by atoms with Crippen molar-refractivity contribution < 1.29 is 0 Å².